The van der Waals surface area contributed by atoms with Gasteiger partial charge in [-0.3, -0.25) is 9.59 Å². The predicted octanol–water partition coefficient (Wildman–Crippen LogP) is 2.38. The number of nitrogens with one attached hydrogen (secondary N) is 1. The maximum atomic E-state index is 11.5. The third kappa shape index (κ3) is 1.78. The Hall–Kier alpha value is -1.61. The summed E-state index contributed by atoms with van der Waals surface area (Å²) in [4.78, 5) is 25.2. The van der Waals surface area contributed by atoms with Crippen LogP contribution in [-0.2, 0) is 0 Å². The highest BCUT2D eigenvalue weighted by molar-refractivity contribution is 6.31. The van der Waals surface area contributed by atoms with Crippen molar-refractivity contribution in [2.24, 2.45) is 0 Å². The molecule has 0 amide bonds. The van der Waals surface area contributed by atoms with Crippen LogP contribution >= 0.6 is 11.6 Å². The molecule has 0 aliphatic carbocycles. The fourth-order valence-corrected chi connectivity index (χ4v) is 1.61. The third-order valence-corrected chi connectivity index (χ3v) is 2.42. The summed E-state index contributed by atoms with van der Waals surface area (Å²) in [5.41, 5.74) is 0.430. The van der Waals surface area contributed by atoms with Crippen molar-refractivity contribution in [2.75, 3.05) is 0 Å². The fraction of sp³-hybridized carbons (Fsp3) is 0.0909. The van der Waals surface area contributed by atoms with Gasteiger partial charge in [-0.05, 0) is 30.5 Å². The Bertz CT molecular complexity index is 601. The minimum absolute atomic E-state index is 0.171. The number of pyridine rings is 1. The van der Waals surface area contributed by atoms with Gasteiger partial charge in [-0.2, -0.15) is 0 Å². The van der Waals surface area contributed by atoms with E-state index < -0.39 is 0 Å². The summed E-state index contributed by atoms with van der Waals surface area (Å²) in [7, 11) is 0. The average molecular weight is 222 g/mol. The molecule has 4 heteroatoms. The van der Waals surface area contributed by atoms with E-state index in [1.54, 1.807) is 24.3 Å². The molecule has 2 aromatic rings. The molecule has 15 heavy (non-hydrogen) atoms. The van der Waals surface area contributed by atoms with Gasteiger partial charge in [0.15, 0.2) is 5.78 Å². The molecule has 1 aromatic heterocycles. The molecule has 0 saturated heterocycles. The van der Waals surface area contributed by atoms with E-state index in [0.29, 0.717) is 10.5 Å². The first kappa shape index (κ1) is 9.93. The highest BCUT2D eigenvalue weighted by Gasteiger charge is 2.06. The van der Waals surface area contributed by atoms with Crippen LogP contribution in [0.25, 0.3) is 10.9 Å². The van der Waals surface area contributed by atoms with Crippen LogP contribution in [0.15, 0.2) is 29.1 Å². The molecule has 0 radical (unpaired) electrons. The lowest BCUT2D eigenvalue weighted by atomic mass is 10.1. The predicted molar refractivity (Wildman–Crippen MR) is 59.6 cm³/mol. The molecular weight excluding hydrogens is 214 g/mol. The summed E-state index contributed by atoms with van der Waals surface area (Å²) in [6, 6.07) is 6.71. The topological polar surface area (TPSA) is 49.9 Å². The zero-order chi connectivity index (χ0) is 11.0. The van der Waals surface area contributed by atoms with Crippen LogP contribution in [0.4, 0.5) is 0 Å². The van der Waals surface area contributed by atoms with Crippen LogP contribution in [0.1, 0.15) is 17.3 Å². The van der Waals surface area contributed by atoms with Gasteiger partial charge >= 0.3 is 0 Å². The summed E-state index contributed by atoms with van der Waals surface area (Å²) in [5, 5.41) is 1.35. The van der Waals surface area contributed by atoms with Crippen LogP contribution in [0.3, 0.4) is 0 Å². The number of aromatic amines is 1. The quantitative estimate of drug-likeness (QED) is 0.752. The Morgan fingerprint density at radius 2 is 2.07 bits per heavy atom. The zero-order valence-corrected chi connectivity index (χ0v) is 8.76. The van der Waals surface area contributed by atoms with Crippen molar-refractivity contribution in [3.8, 4) is 0 Å². The molecule has 0 unspecified atom stereocenters. The number of ketones is 1. The van der Waals surface area contributed by atoms with Crippen molar-refractivity contribution < 1.29 is 4.79 Å². The van der Waals surface area contributed by atoms with E-state index in [2.05, 4.69) is 4.98 Å². The Morgan fingerprint density at radius 3 is 2.73 bits per heavy atom. The molecule has 0 spiro atoms. The normalized spacial score (nSPS) is 10.5. The monoisotopic (exact) mass is 221 g/mol. The summed E-state index contributed by atoms with van der Waals surface area (Å²) in [6.45, 7) is 1.37. The fourth-order valence-electron chi connectivity index (χ4n) is 1.43. The number of carbonyl (C=O) groups excluding carboxylic acids is 1. The van der Waals surface area contributed by atoms with Gasteiger partial charge in [0.25, 0.3) is 5.56 Å². The van der Waals surface area contributed by atoms with Crippen LogP contribution in [0.2, 0.25) is 5.02 Å². The number of rotatable bonds is 1. The Kier molecular flexibility index (Phi) is 2.32. The standard InChI is InChI=1S/C11H8ClNO2/c1-6(14)9-4-7-2-3-8(12)5-10(7)13-11(9)15/h2-5H,1H3,(H,13,15). The maximum Gasteiger partial charge on any atom is 0.259 e. The molecule has 2 rings (SSSR count). The van der Waals surface area contributed by atoms with Crippen molar-refractivity contribution in [3.05, 3.63) is 45.2 Å². The lowest BCUT2D eigenvalue weighted by Crippen LogP contribution is -2.15. The molecule has 0 bridgehead atoms. The number of benzene rings is 1. The minimum atomic E-state index is -0.378. The van der Waals surface area contributed by atoms with E-state index in [-0.39, 0.29) is 16.9 Å². The Labute approximate surface area is 90.7 Å². The van der Waals surface area contributed by atoms with E-state index >= 15 is 0 Å². The first-order valence-corrected chi connectivity index (χ1v) is 4.79. The summed E-state index contributed by atoms with van der Waals surface area (Å²) >= 11 is 5.78. The number of hydrogen-bond donors (Lipinski definition) is 1. The SMILES string of the molecule is CC(=O)c1cc2ccc(Cl)cc2[nH]c1=O. The van der Waals surface area contributed by atoms with E-state index in [0.717, 1.165) is 5.39 Å². The van der Waals surface area contributed by atoms with E-state index in [1.165, 1.54) is 6.92 Å². The lowest BCUT2D eigenvalue weighted by Gasteiger charge is -2.00. The number of halogens is 1. The number of aromatic nitrogens is 1. The molecule has 0 aliphatic rings. The van der Waals surface area contributed by atoms with Crippen molar-refractivity contribution in [2.45, 2.75) is 6.92 Å². The third-order valence-electron chi connectivity index (χ3n) is 2.19. The van der Waals surface area contributed by atoms with Crippen molar-refractivity contribution >= 4 is 28.3 Å². The van der Waals surface area contributed by atoms with E-state index in [1.807, 2.05) is 0 Å². The average Bonchev–Trinajstić information content (AvgIpc) is 2.15. The molecule has 0 atom stereocenters. The van der Waals surface area contributed by atoms with Crippen LogP contribution in [0, 0.1) is 0 Å². The van der Waals surface area contributed by atoms with Crippen molar-refractivity contribution in [1.82, 2.24) is 4.98 Å². The highest BCUT2D eigenvalue weighted by atomic mass is 35.5. The zero-order valence-electron chi connectivity index (χ0n) is 8.00. The smallest absolute Gasteiger partial charge is 0.259 e. The van der Waals surface area contributed by atoms with Crippen LogP contribution in [-0.4, -0.2) is 10.8 Å². The molecule has 1 N–H and O–H groups in total. The molecule has 76 valence electrons. The molecule has 0 fully saturated rings. The largest absolute Gasteiger partial charge is 0.321 e. The molecule has 1 aromatic carbocycles. The van der Waals surface area contributed by atoms with Crippen LogP contribution < -0.4 is 5.56 Å². The number of hydrogen-bond acceptors (Lipinski definition) is 2. The van der Waals surface area contributed by atoms with Gasteiger partial charge in [-0.1, -0.05) is 17.7 Å². The molecular formula is C11H8ClNO2. The Morgan fingerprint density at radius 1 is 1.33 bits per heavy atom. The van der Waals surface area contributed by atoms with Crippen molar-refractivity contribution in [3.63, 3.8) is 0 Å². The summed E-state index contributed by atoms with van der Waals surface area (Å²) in [5.74, 6) is -0.242. The van der Waals surface area contributed by atoms with Crippen LogP contribution in [0.5, 0.6) is 0 Å². The van der Waals surface area contributed by atoms with Gasteiger partial charge in [-0.15, -0.1) is 0 Å². The van der Waals surface area contributed by atoms with Gasteiger partial charge in [0.1, 0.15) is 0 Å². The van der Waals surface area contributed by atoms with Gasteiger partial charge in [0.2, 0.25) is 0 Å². The number of fused-ring (bicyclic) bond motifs is 1. The lowest BCUT2D eigenvalue weighted by molar-refractivity contribution is 0.101. The second-order valence-electron chi connectivity index (χ2n) is 3.30. The highest BCUT2D eigenvalue weighted by Crippen LogP contribution is 2.16. The molecule has 1 heterocycles. The number of Topliss-reactive ketones (excluding diaryl/α,β-unsaturated/α-hetero) is 1. The van der Waals surface area contributed by atoms with Gasteiger partial charge < -0.3 is 4.98 Å². The second-order valence-corrected chi connectivity index (χ2v) is 3.74. The number of H-pyrrole nitrogens is 1. The molecule has 0 aliphatic heterocycles. The summed E-state index contributed by atoms with van der Waals surface area (Å²) < 4.78 is 0. The van der Waals surface area contributed by atoms with E-state index in [9.17, 15) is 9.59 Å². The number of carbonyl (C=O) groups is 1. The minimum Gasteiger partial charge on any atom is -0.321 e. The van der Waals surface area contributed by atoms with Gasteiger partial charge in [0, 0.05) is 10.5 Å². The van der Waals surface area contributed by atoms with Gasteiger partial charge in [0.05, 0.1) is 5.56 Å². The van der Waals surface area contributed by atoms with Gasteiger partial charge in [-0.25, -0.2) is 0 Å². The second kappa shape index (κ2) is 3.51. The summed E-state index contributed by atoms with van der Waals surface area (Å²) in [6.07, 6.45) is 0. The first-order valence-electron chi connectivity index (χ1n) is 4.41. The van der Waals surface area contributed by atoms with E-state index in [4.69, 9.17) is 11.6 Å². The molecule has 0 saturated carbocycles. The Balaban J connectivity index is 2.82. The molecule has 3 nitrogen and oxygen atoms in total. The first-order chi connectivity index (χ1) is 7.08. The van der Waals surface area contributed by atoms with Crippen molar-refractivity contribution in [1.29, 1.82) is 0 Å². The maximum absolute atomic E-state index is 11.5.